The maximum Gasteiger partial charge on any atom is 0.246 e. The molecule has 0 N–H and O–H groups in total. The third-order valence-corrected chi connectivity index (χ3v) is 5.39. The summed E-state index contributed by atoms with van der Waals surface area (Å²) >= 11 is 0. The highest BCUT2D eigenvalue weighted by Gasteiger charge is 2.31. The van der Waals surface area contributed by atoms with Gasteiger partial charge in [-0.1, -0.05) is 12.1 Å². The zero-order valence-corrected chi connectivity index (χ0v) is 13.0. The lowest BCUT2D eigenvalue weighted by molar-refractivity contribution is -0.126. The number of likely N-dealkylation sites (N-methyl/N-ethyl adjacent to an activating group) is 1. The Bertz CT molecular complexity index is 634. The lowest BCUT2D eigenvalue weighted by Gasteiger charge is -2.21. The molecule has 2 rings (SSSR count). The first-order valence-electron chi connectivity index (χ1n) is 6.70. The van der Waals surface area contributed by atoms with Crippen LogP contribution in [-0.2, 0) is 14.6 Å². The van der Waals surface area contributed by atoms with Gasteiger partial charge >= 0.3 is 0 Å². The van der Waals surface area contributed by atoms with E-state index in [0.29, 0.717) is 6.42 Å². The molecular formula is C15H19NO4S. The summed E-state index contributed by atoms with van der Waals surface area (Å²) in [7, 11) is 0.261. The van der Waals surface area contributed by atoms with Gasteiger partial charge in [0.25, 0.3) is 0 Å². The van der Waals surface area contributed by atoms with E-state index >= 15 is 0 Å². The molecule has 1 atom stereocenters. The Kier molecular flexibility index (Phi) is 4.67. The summed E-state index contributed by atoms with van der Waals surface area (Å²) in [5, 5.41) is 0. The van der Waals surface area contributed by atoms with Gasteiger partial charge in [-0.3, -0.25) is 4.79 Å². The molecule has 5 nitrogen and oxygen atoms in total. The average Bonchev–Trinajstić information content (AvgIpc) is 2.84. The van der Waals surface area contributed by atoms with Gasteiger partial charge in [-0.15, -0.1) is 0 Å². The SMILES string of the molecule is COc1ccc(/C=C/C(=O)N(C)[C@@H]2CCS(=O)(=O)C2)cc1. The van der Waals surface area contributed by atoms with Crippen LogP contribution in [0.15, 0.2) is 30.3 Å². The number of amides is 1. The summed E-state index contributed by atoms with van der Waals surface area (Å²) in [5.41, 5.74) is 0.886. The highest BCUT2D eigenvalue weighted by atomic mass is 32.2. The highest BCUT2D eigenvalue weighted by Crippen LogP contribution is 2.17. The van der Waals surface area contributed by atoms with Gasteiger partial charge in [0.05, 0.1) is 18.6 Å². The number of methoxy groups -OCH3 is 1. The third kappa shape index (κ3) is 4.07. The van der Waals surface area contributed by atoms with Crippen LogP contribution < -0.4 is 4.74 Å². The predicted molar refractivity (Wildman–Crippen MR) is 81.9 cm³/mol. The Balaban J connectivity index is 1.98. The van der Waals surface area contributed by atoms with E-state index in [1.807, 2.05) is 24.3 Å². The first-order valence-corrected chi connectivity index (χ1v) is 8.53. The second-order valence-electron chi connectivity index (χ2n) is 5.11. The van der Waals surface area contributed by atoms with Crippen molar-refractivity contribution in [3.63, 3.8) is 0 Å². The predicted octanol–water partition coefficient (Wildman–Crippen LogP) is 1.35. The van der Waals surface area contributed by atoms with E-state index in [0.717, 1.165) is 11.3 Å². The first kappa shape index (κ1) is 15.6. The third-order valence-electron chi connectivity index (χ3n) is 3.64. The standard InChI is InChI=1S/C15H19NO4S/c1-16(13-9-10-21(18,19)11-13)15(17)8-5-12-3-6-14(20-2)7-4-12/h3-8,13H,9-11H2,1-2H3/b8-5+/t13-/m1/s1. The smallest absolute Gasteiger partial charge is 0.246 e. The van der Waals surface area contributed by atoms with E-state index in [4.69, 9.17) is 4.74 Å². The Morgan fingerprint density at radius 2 is 2.00 bits per heavy atom. The van der Waals surface area contributed by atoms with Gasteiger partial charge in [-0.2, -0.15) is 0 Å². The van der Waals surface area contributed by atoms with Gasteiger partial charge in [0.2, 0.25) is 5.91 Å². The molecular weight excluding hydrogens is 290 g/mol. The van der Waals surface area contributed by atoms with Gasteiger partial charge in [-0.05, 0) is 30.2 Å². The molecule has 21 heavy (non-hydrogen) atoms. The normalized spacial score (nSPS) is 20.6. The number of nitrogens with zero attached hydrogens (tertiary/aromatic N) is 1. The van der Waals surface area contributed by atoms with Crippen LogP contribution in [0.2, 0.25) is 0 Å². The molecule has 1 saturated heterocycles. The summed E-state index contributed by atoms with van der Waals surface area (Å²) in [5.74, 6) is 0.794. The second kappa shape index (κ2) is 6.30. The van der Waals surface area contributed by atoms with Crippen molar-refractivity contribution >= 4 is 21.8 Å². The van der Waals surface area contributed by atoms with Crippen molar-refractivity contribution in [3.05, 3.63) is 35.9 Å². The van der Waals surface area contributed by atoms with Gasteiger partial charge in [-0.25, -0.2) is 8.42 Å². The number of ether oxygens (including phenoxy) is 1. The Hall–Kier alpha value is -1.82. The molecule has 0 aromatic heterocycles. The number of hydrogen-bond acceptors (Lipinski definition) is 4. The number of carbonyl (C=O) groups is 1. The molecule has 1 aromatic rings. The van der Waals surface area contributed by atoms with E-state index in [1.54, 1.807) is 20.2 Å². The highest BCUT2D eigenvalue weighted by molar-refractivity contribution is 7.91. The van der Waals surface area contributed by atoms with Crippen LogP contribution in [-0.4, -0.2) is 50.9 Å². The molecule has 0 bridgehead atoms. The summed E-state index contributed by atoms with van der Waals surface area (Å²) in [6.45, 7) is 0. The van der Waals surface area contributed by atoms with E-state index in [9.17, 15) is 13.2 Å². The van der Waals surface area contributed by atoms with Crippen LogP contribution in [0.4, 0.5) is 0 Å². The summed E-state index contributed by atoms with van der Waals surface area (Å²) in [6, 6.07) is 7.11. The lowest BCUT2D eigenvalue weighted by Crippen LogP contribution is -2.36. The molecule has 0 spiro atoms. The molecule has 1 aliphatic heterocycles. The number of sulfone groups is 1. The van der Waals surface area contributed by atoms with Crippen molar-refractivity contribution in [2.24, 2.45) is 0 Å². The maximum absolute atomic E-state index is 12.1. The molecule has 1 heterocycles. The molecule has 0 unspecified atom stereocenters. The van der Waals surface area contributed by atoms with E-state index in [1.165, 1.54) is 11.0 Å². The minimum Gasteiger partial charge on any atom is -0.497 e. The first-order chi connectivity index (χ1) is 9.91. The van der Waals surface area contributed by atoms with Crippen molar-refractivity contribution in [1.82, 2.24) is 4.90 Å². The van der Waals surface area contributed by atoms with E-state index < -0.39 is 9.84 Å². The Morgan fingerprint density at radius 1 is 1.33 bits per heavy atom. The van der Waals surface area contributed by atoms with Crippen LogP contribution >= 0.6 is 0 Å². The van der Waals surface area contributed by atoms with Gasteiger partial charge in [0.1, 0.15) is 5.75 Å². The molecule has 0 saturated carbocycles. The van der Waals surface area contributed by atoms with Crippen LogP contribution in [0.1, 0.15) is 12.0 Å². The maximum atomic E-state index is 12.1. The van der Waals surface area contributed by atoms with Crippen LogP contribution in [0.3, 0.4) is 0 Å². The van der Waals surface area contributed by atoms with Crippen LogP contribution in [0.5, 0.6) is 5.75 Å². The van der Waals surface area contributed by atoms with Crippen molar-refractivity contribution in [2.45, 2.75) is 12.5 Å². The van der Waals surface area contributed by atoms with E-state index in [2.05, 4.69) is 0 Å². The fourth-order valence-electron chi connectivity index (χ4n) is 2.26. The number of rotatable bonds is 4. The zero-order valence-electron chi connectivity index (χ0n) is 12.2. The van der Waals surface area contributed by atoms with Crippen molar-refractivity contribution in [1.29, 1.82) is 0 Å². The summed E-state index contributed by atoms with van der Waals surface area (Å²) < 4.78 is 27.9. The summed E-state index contributed by atoms with van der Waals surface area (Å²) in [6.07, 6.45) is 3.69. The molecule has 0 radical (unpaired) electrons. The topological polar surface area (TPSA) is 63.7 Å². The average molecular weight is 309 g/mol. The number of carbonyl (C=O) groups excluding carboxylic acids is 1. The molecule has 0 aliphatic carbocycles. The second-order valence-corrected chi connectivity index (χ2v) is 7.34. The molecule has 1 amide bonds. The van der Waals surface area contributed by atoms with Crippen LogP contribution in [0.25, 0.3) is 6.08 Å². The van der Waals surface area contributed by atoms with Gasteiger partial charge in [0.15, 0.2) is 9.84 Å². The van der Waals surface area contributed by atoms with Gasteiger partial charge in [0, 0.05) is 19.2 Å². The van der Waals surface area contributed by atoms with Crippen molar-refractivity contribution < 1.29 is 17.9 Å². The minimum atomic E-state index is -2.98. The number of benzene rings is 1. The minimum absolute atomic E-state index is 0.0611. The van der Waals surface area contributed by atoms with E-state index in [-0.39, 0.29) is 23.5 Å². The lowest BCUT2D eigenvalue weighted by atomic mass is 10.2. The van der Waals surface area contributed by atoms with Crippen molar-refractivity contribution in [3.8, 4) is 5.75 Å². The Morgan fingerprint density at radius 3 is 2.52 bits per heavy atom. The van der Waals surface area contributed by atoms with Gasteiger partial charge < -0.3 is 9.64 Å². The van der Waals surface area contributed by atoms with Crippen LogP contribution in [0, 0.1) is 0 Å². The van der Waals surface area contributed by atoms with Crippen molar-refractivity contribution in [2.75, 3.05) is 25.7 Å². The fourth-order valence-corrected chi connectivity index (χ4v) is 4.04. The number of hydrogen-bond donors (Lipinski definition) is 0. The summed E-state index contributed by atoms with van der Waals surface area (Å²) in [4.78, 5) is 13.6. The largest absolute Gasteiger partial charge is 0.497 e. The Labute approximate surface area is 125 Å². The molecule has 6 heteroatoms. The molecule has 1 aliphatic rings. The zero-order chi connectivity index (χ0) is 15.5. The monoisotopic (exact) mass is 309 g/mol. The fraction of sp³-hybridized carbons (Fsp3) is 0.400. The molecule has 114 valence electrons. The quantitative estimate of drug-likeness (QED) is 0.788. The molecule has 1 aromatic carbocycles. The molecule has 1 fully saturated rings.